The molecule has 2 aromatic rings. The van der Waals surface area contributed by atoms with E-state index in [1.54, 1.807) is 12.0 Å². The number of methoxy groups -OCH3 is 1. The van der Waals surface area contributed by atoms with Crippen molar-refractivity contribution in [2.75, 3.05) is 13.7 Å². The van der Waals surface area contributed by atoms with Crippen molar-refractivity contribution in [1.29, 1.82) is 0 Å². The molecule has 0 unspecified atom stereocenters. The predicted molar refractivity (Wildman–Crippen MR) is 109 cm³/mol. The van der Waals surface area contributed by atoms with Crippen LogP contribution in [-0.2, 0) is 4.79 Å². The molecule has 0 spiro atoms. The number of rotatable bonds is 5. The van der Waals surface area contributed by atoms with Crippen LogP contribution in [0.25, 0.3) is 6.08 Å². The van der Waals surface area contributed by atoms with E-state index < -0.39 is 0 Å². The molecule has 1 fully saturated rings. The monoisotopic (exact) mass is 366 g/mol. The number of nitrogens with zero attached hydrogens (tertiary/aromatic N) is 2. The maximum absolute atomic E-state index is 12.9. The molecule has 0 saturated carbocycles. The van der Waals surface area contributed by atoms with Crippen molar-refractivity contribution < 1.29 is 9.53 Å². The quantitative estimate of drug-likeness (QED) is 0.698. The summed E-state index contributed by atoms with van der Waals surface area (Å²) in [6, 6.07) is 15.6. The molecule has 1 aliphatic heterocycles. The van der Waals surface area contributed by atoms with Gasteiger partial charge in [0.1, 0.15) is 5.75 Å². The van der Waals surface area contributed by atoms with Crippen molar-refractivity contribution in [3.8, 4) is 5.75 Å². The molecule has 26 heavy (non-hydrogen) atoms. The molecule has 5 heteroatoms. The number of amides is 1. The van der Waals surface area contributed by atoms with Crippen molar-refractivity contribution in [1.82, 2.24) is 4.90 Å². The second-order valence-electron chi connectivity index (χ2n) is 6.02. The number of thioether (sulfide) groups is 1. The van der Waals surface area contributed by atoms with Gasteiger partial charge in [-0.1, -0.05) is 31.2 Å². The SMILES string of the molecule is CCCN1C(=O)/C(=C\c2ccc(OC)cc2C)SC1=Nc1ccccc1. The normalized spacial score (nSPS) is 17.3. The van der Waals surface area contributed by atoms with Gasteiger partial charge in [0.05, 0.1) is 17.7 Å². The van der Waals surface area contributed by atoms with E-state index >= 15 is 0 Å². The van der Waals surface area contributed by atoms with Crippen LogP contribution in [0.1, 0.15) is 24.5 Å². The maximum Gasteiger partial charge on any atom is 0.266 e. The second-order valence-corrected chi connectivity index (χ2v) is 7.03. The molecule has 2 aromatic carbocycles. The summed E-state index contributed by atoms with van der Waals surface area (Å²) in [5.74, 6) is 0.829. The minimum atomic E-state index is 0.0155. The molecule has 0 atom stereocenters. The molecule has 1 heterocycles. The highest BCUT2D eigenvalue weighted by molar-refractivity contribution is 8.18. The fourth-order valence-electron chi connectivity index (χ4n) is 2.70. The third-order valence-electron chi connectivity index (χ3n) is 4.08. The van der Waals surface area contributed by atoms with Crippen molar-refractivity contribution in [3.05, 3.63) is 64.6 Å². The maximum atomic E-state index is 12.9. The Labute approximate surface area is 158 Å². The van der Waals surface area contributed by atoms with E-state index in [1.165, 1.54) is 11.8 Å². The minimum absolute atomic E-state index is 0.0155. The van der Waals surface area contributed by atoms with E-state index in [9.17, 15) is 4.79 Å². The number of aliphatic imine (C=N–C) groups is 1. The van der Waals surface area contributed by atoms with Crippen LogP contribution in [0.2, 0.25) is 0 Å². The second kappa shape index (κ2) is 8.23. The van der Waals surface area contributed by atoms with Crippen LogP contribution in [0, 0.1) is 6.92 Å². The van der Waals surface area contributed by atoms with Gasteiger partial charge in [0, 0.05) is 6.54 Å². The first-order valence-electron chi connectivity index (χ1n) is 8.62. The predicted octanol–water partition coefficient (Wildman–Crippen LogP) is 5.02. The fraction of sp³-hybridized carbons (Fsp3) is 0.238. The Bertz CT molecular complexity index is 860. The summed E-state index contributed by atoms with van der Waals surface area (Å²) in [5.41, 5.74) is 2.94. The third-order valence-corrected chi connectivity index (χ3v) is 5.09. The van der Waals surface area contributed by atoms with Crippen molar-refractivity contribution >= 4 is 34.6 Å². The molecule has 1 saturated heterocycles. The van der Waals surface area contributed by atoms with Crippen LogP contribution in [-0.4, -0.2) is 29.6 Å². The van der Waals surface area contributed by atoms with Gasteiger partial charge in [0.25, 0.3) is 5.91 Å². The van der Waals surface area contributed by atoms with Crippen LogP contribution in [0.3, 0.4) is 0 Å². The van der Waals surface area contributed by atoms with Crippen molar-refractivity contribution in [3.63, 3.8) is 0 Å². The average molecular weight is 366 g/mol. The van der Waals surface area contributed by atoms with Gasteiger partial charge in [-0.2, -0.15) is 0 Å². The zero-order valence-corrected chi connectivity index (χ0v) is 16.0. The Morgan fingerprint density at radius 3 is 2.62 bits per heavy atom. The van der Waals surface area contributed by atoms with Gasteiger partial charge >= 0.3 is 0 Å². The topological polar surface area (TPSA) is 41.9 Å². The highest BCUT2D eigenvalue weighted by atomic mass is 32.2. The summed E-state index contributed by atoms with van der Waals surface area (Å²) in [4.78, 5) is 20.0. The molecule has 1 amide bonds. The van der Waals surface area contributed by atoms with Crippen LogP contribution >= 0.6 is 11.8 Å². The lowest BCUT2D eigenvalue weighted by molar-refractivity contribution is -0.122. The molecule has 1 aliphatic rings. The molecule has 0 aromatic heterocycles. The lowest BCUT2D eigenvalue weighted by Gasteiger charge is -2.13. The van der Waals surface area contributed by atoms with Crippen molar-refractivity contribution in [2.45, 2.75) is 20.3 Å². The summed E-state index contributed by atoms with van der Waals surface area (Å²) in [5, 5.41) is 0.737. The number of hydrogen-bond acceptors (Lipinski definition) is 4. The Kier molecular flexibility index (Phi) is 5.78. The number of carbonyl (C=O) groups is 1. The molecular weight excluding hydrogens is 344 g/mol. The standard InChI is InChI=1S/C21H22N2O2S/c1-4-12-23-20(24)19(14-16-10-11-18(25-3)13-15(16)2)26-21(23)22-17-8-6-5-7-9-17/h5-11,13-14H,4,12H2,1-3H3/b19-14+,22-21?. The van der Waals surface area contributed by atoms with Gasteiger partial charge in [0.2, 0.25) is 0 Å². The Morgan fingerprint density at radius 2 is 1.96 bits per heavy atom. The van der Waals surface area contributed by atoms with Gasteiger partial charge in [-0.3, -0.25) is 9.69 Å². The van der Waals surface area contributed by atoms with Gasteiger partial charge < -0.3 is 4.74 Å². The number of benzene rings is 2. The minimum Gasteiger partial charge on any atom is -0.497 e. The van der Waals surface area contributed by atoms with E-state index in [0.29, 0.717) is 11.4 Å². The first-order chi connectivity index (χ1) is 12.6. The van der Waals surface area contributed by atoms with Crippen LogP contribution in [0.4, 0.5) is 5.69 Å². The molecule has 134 valence electrons. The highest BCUT2D eigenvalue weighted by Gasteiger charge is 2.32. The molecule has 0 radical (unpaired) electrons. The van der Waals surface area contributed by atoms with Crippen LogP contribution in [0.5, 0.6) is 5.75 Å². The highest BCUT2D eigenvalue weighted by Crippen LogP contribution is 2.35. The zero-order valence-electron chi connectivity index (χ0n) is 15.2. The largest absolute Gasteiger partial charge is 0.497 e. The summed E-state index contributed by atoms with van der Waals surface area (Å²) >= 11 is 1.43. The van der Waals surface area contributed by atoms with Gasteiger partial charge in [-0.05, 0) is 66.6 Å². The fourth-order valence-corrected chi connectivity index (χ4v) is 3.72. The number of amidine groups is 1. The zero-order chi connectivity index (χ0) is 18.5. The van der Waals surface area contributed by atoms with E-state index in [4.69, 9.17) is 4.74 Å². The van der Waals surface area contributed by atoms with E-state index in [1.807, 2.05) is 61.5 Å². The molecule has 0 N–H and O–H groups in total. The summed E-state index contributed by atoms with van der Waals surface area (Å²) in [7, 11) is 1.65. The summed E-state index contributed by atoms with van der Waals surface area (Å²) in [6.07, 6.45) is 2.83. The van der Waals surface area contributed by atoms with Crippen LogP contribution < -0.4 is 4.74 Å². The number of carbonyl (C=O) groups excluding carboxylic acids is 1. The van der Waals surface area contributed by atoms with Gasteiger partial charge in [-0.25, -0.2) is 4.99 Å². The van der Waals surface area contributed by atoms with Crippen molar-refractivity contribution in [2.24, 2.45) is 4.99 Å². The summed E-state index contributed by atoms with van der Waals surface area (Å²) < 4.78 is 5.25. The van der Waals surface area contributed by atoms with E-state index in [2.05, 4.69) is 11.9 Å². The first kappa shape index (κ1) is 18.3. The lowest BCUT2D eigenvalue weighted by atomic mass is 10.1. The van der Waals surface area contributed by atoms with E-state index in [-0.39, 0.29) is 5.91 Å². The molecular formula is C21H22N2O2S. The molecule has 0 bridgehead atoms. The molecule has 4 nitrogen and oxygen atoms in total. The van der Waals surface area contributed by atoms with E-state index in [0.717, 1.165) is 34.2 Å². The molecule has 3 rings (SSSR count). The number of ether oxygens (including phenoxy) is 1. The lowest BCUT2D eigenvalue weighted by Crippen LogP contribution is -2.29. The van der Waals surface area contributed by atoms with Crippen LogP contribution in [0.15, 0.2) is 58.4 Å². The number of hydrogen-bond donors (Lipinski definition) is 0. The first-order valence-corrected chi connectivity index (χ1v) is 9.44. The molecule has 0 aliphatic carbocycles. The number of para-hydroxylation sites is 1. The smallest absolute Gasteiger partial charge is 0.266 e. The Balaban J connectivity index is 1.94. The van der Waals surface area contributed by atoms with Gasteiger partial charge in [0.15, 0.2) is 5.17 Å². The average Bonchev–Trinajstić information content (AvgIpc) is 2.93. The third kappa shape index (κ3) is 3.99. The summed E-state index contributed by atoms with van der Waals surface area (Å²) in [6.45, 7) is 4.74. The number of aryl methyl sites for hydroxylation is 1. The van der Waals surface area contributed by atoms with Gasteiger partial charge in [-0.15, -0.1) is 0 Å². The Hall–Kier alpha value is -2.53. The Morgan fingerprint density at radius 1 is 1.19 bits per heavy atom.